The highest BCUT2D eigenvalue weighted by Gasteiger charge is 2.42. The third kappa shape index (κ3) is 4.22. The Hall–Kier alpha value is -1.28. The zero-order valence-electron chi connectivity index (χ0n) is 13.9. The molecular weight excluding hydrogens is 343 g/mol. The molecule has 1 aliphatic rings. The molecule has 1 aliphatic carbocycles. The first-order valence-electron chi connectivity index (χ1n) is 7.79. The molecule has 1 saturated carbocycles. The van der Waals surface area contributed by atoms with Gasteiger partial charge in [-0.3, -0.25) is 0 Å². The number of nitrogens with one attached hydrogen (secondary N) is 1. The van der Waals surface area contributed by atoms with Crippen LogP contribution in [0.3, 0.4) is 0 Å². The zero-order chi connectivity index (χ0) is 18.1. The van der Waals surface area contributed by atoms with Gasteiger partial charge in [-0.1, -0.05) is 6.42 Å². The molecule has 0 amide bonds. The molecule has 0 radical (unpaired) electrons. The van der Waals surface area contributed by atoms with Crippen LogP contribution >= 0.6 is 0 Å². The lowest BCUT2D eigenvalue weighted by Crippen LogP contribution is -2.41. The number of methoxy groups -OCH3 is 1. The standard InChI is InChI=1S/C16H22F3NO3S/c1-10-7-14(8-11(2)15(10)23-3)24(21,22)20-13-6-4-5-12(9-13)16(17,18)19/h7-8,12-13,20H,4-6,9H2,1-3H3. The molecule has 136 valence electrons. The molecule has 8 heteroatoms. The molecule has 2 atom stereocenters. The van der Waals surface area contributed by atoms with Crippen molar-refractivity contribution >= 4 is 10.0 Å². The minimum absolute atomic E-state index is 0.0485. The average Bonchev–Trinajstić information content (AvgIpc) is 2.45. The van der Waals surface area contributed by atoms with Gasteiger partial charge in [-0.25, -0.2) is 13.1 Å². The molecule has 0 aliphatic heterocycles. The third-order valence-corrected chi connectivity index (χ3v) is 5.91. The monoisotopic (exact) mass is 365 g/mol. The van der Waals surface area contributed by atoms with Crippen molar-refractivity contribution in [2.24, 2.45) is 5.92 Å². The van der Waals surface area contributed by atoms with E-state index in [4.69, 9.17) is 4.74 Å². The molecular formula is C16H22F3NO3S. The van der Waals surface area contributed by atoms with Crippen LogP contribution in [0.25, 0.3) is 0 Å². The molecule has 1 aromatic carbocycles. The van der Waals surface area contributed by atoms with Crippen molar-refractivity contribution in [2.45, 2.75) is 56.6 Å². The van der Waals surface area contributed by atoms with Gasteiger partial charge >= 0.3 is 6.18 Å². The van der Waals surface area contributed by atoms with Crippen molar-refractivity contribution in [1.29, 1.82) is 0 Å². The maximum Gasteiger partial charge on any atom is 0.391 e. The Morgan fingerprint density at radius 2 is 1.75 bits per heavy atom. The fourth-order valence-corrected chi connectivity index (χ4v) is 4.72. The number of hydrogen-bond acceptors (Lipinski definition) is 3. The lowest BCUT2D eigenvalue weighted by molar-refractivity contribution is -0.183. The molecule has 1 aromatic rings. The van der Waals surface area contributed by atoms with E-state index in [2.05, 4.69) is 4.72 Å². The summed E-state index contributed by atoms with van der Waals surface area (Å²) in [6.45, 7) is 3.45. The Morgan fingerprint density at radius 1 is 1.17 bits per heavy atom. The smallest absolute Gasteiger partial charge is 0.391 e. The van der Waals surface area contributed by atoms with E-state index < -0.39 is 28.2 Å². The molecule has 0 spiro atoms. The summed E-state index contributed by atoms with van der Waals surface area (Å²) in [6, 6.07) is 2.24. The van der Waals surface area contributed by atoms with Crippen molar-refractivity contribution in [3.8, 4) is 5.75 Å². The molecule has 1 fully saturated rings. The molecule has 24 heavy (non-hydrogen) atoms. The van der Waals surface area contributed by atoms with Gasteiger partial charge in [0.2, 0.25) is 10.0 Å². The maximum absolute atomic E-state index is 12.9. The number of rotatable bonds is 4. The number of alkyl halides is 3. The van der Waals surface area contributed by atoms with Gasteiger partial charge in [-0.05, 0) is 56.4 Å². The number of ether oxygens (including phenoxy) is 1. The highest BCUT2D eigenvalue weighted by atomic mass is 32.2. The highest BCUT2D eigenvalue weighted by Crippen LogP contribution is 2.38. The molecule has 0 bridgehead atoms. The van der Waals surface area contributed by atoms with Crippen molar-refractivity contribution in [2.75, 3.05) is 7.11 Å². The maximum atomic E-state index is 12.9. The predicted molar refractivity (Wildman–Crippen MR) is 84.6 cm³/mol. The lowest BCUT2D eigenvalue weighted by Gasteiger charge is -2.30. The zero-order valence-corrected chi connectivity index (χ0v) is 14.7. The van der Waals surface area contributed by atoms with Gasteiger partial charge in [-0.2, -0.15) is 13.2 Å². The second kappa shape index (κ2) is 6.92. The van der Waals surface area contributed by atoms with Crippen molar-refractivity contribution in [1.82, 2.24) is 4.72 Å². The van der Waals surface area contributed by atoms with Crippen LogP contribution in [0.1, 0.15) is 36.8 Å². The van der Waals surface area contributed by atoms with Gasteiger partial charge in [0, 0.05) is 6.04 Å². The third-order valence-electron chi connectivity index (χ3n) is 4.41. The molecule has 1 N–H and O–H groups in total. The van der Waals surface area contributed by atoms with E-state index in [0.29, 0.717) is 29.7 Å². The Morgan fingerprint density at radius 3 is 2.25 bits per heavy atom. The van der Waals surface area contributed by atoms with Crippen LogP contribution < -0.4 is 9.46 Å². The van der Waals surface area contributed by atoms with Crippen LogP contribution in [0.15, 0.2) is 17.0 Å². The fourth-order valence-electron chi connectivity index (χ4n) is 3.27. The predicted octanol–water partition coefficient (Wildman–Crippen LogP) is 3.71. The second-order valence-corrected chi connectivity index (χ2v) is 8.03. The Kier molecular flexibility index (Phi) is 5.49. The van der Waals surface area contributed by atoms with Crippen LogP contribution in [-0.2, 0) is 10.0 Å². The van der Waals surface area contributed by atoms with Gasteiger partial charge in [0.15, 0.2) is 0 Å². The molecule has 2 rings (SSSR count). The first-order valence-corrected chi connectivity index (χ1v) is 9.27. The minimum atomic E-state index is -4.28. The normalized spacial score (nSPS) is 22.4. The molecule has 0 saturated heterocycles. The summed E-state index contributed by atoms with van der Waals surface area (Å²) < 4.78 is 71.3. The van der Waals surface area contributed by atoms with E-state index in [1.165, 1.54) is 19.2 Å². The summed E-state index contributed by atoms with van der Waals surface area (Å²) in [5.41, 5.74) is 1.32. The first-order chi connectivity index (χ1) is 11.0. The van der Waals surface area contributed by atoms with Crippen molar-refractivity contribution in [3.05, 3.63) is 23.3 Å². The fraction of sp³-hybridized carbons (Fsp3) is 0.625. The quantitative estimate of drug-likeness (QED) is 0.885. The van der Waals surface area contributed by atoms with E-state index in [1.54, 1.807) is 13.8 Å². The van der Waals surface area contributed by atoms with Crippen LogP contribution in [-0.4, -0.2) is 27.7 Å². The number of halogens is 3. The number of sulfonamides is 1. The summed E-state index contributed by atoms with van der Waals surface area (Å²) in [5, 5.41) is 0. The van der Waals surface area contributed by atoms with Crippen molar-refractivity contribution < 1.29 is 26.3 Å². The largest absolute Gasteiger partial charge is 0.496 e. The Balaban J connectivity index is 2.20. The molecule has 0 aromatic heterocycles. The summed E-state index contributed by atoms with van der Waals surface area (Å²) in [6.07, 6.45) is -3.66. The van der Waals surface area contributed by atoms with E-state index in [-0.39, 0.29) is 17.7 Å². The lowest BCUT2D eigenvalue weighted by atomic mass is 9.86. The molecule has 2 unspecified atom stereocenters. The van der Waals surface area contributed by atoms with Crippen molar-refractivity contribution in [3.63, 3.8) is 0 Å². The van der Waals surface area contributed by atoms with Crippen LogP contribution in [0, 0.1) is 19.8 Å². The van der Waals surface area contributed by atoms with Gasteiger partial charge < -0.3 is 4.74 Å². The number of hydrogen-bond donors (Lipinski definition) is 1. The van der Waals surface area contributed by atoms with Gasteiger partial charge in [0.1, 0.15) is 5.75 Å². The van der Waals surface area contributed by atoms with E-state index in [0.717, 1.165) is 0 Å². The molecule has 0 heterocycles. The van der Waals surface area contributed by atoms with Crippen LogP contribution in [0.5, 0.6) is 5.75 Å². The average molecular weight is 365 g/mol. The summed E-state index contributed by atoms with van der Waals surface area (Å²) in [4.78, 5) is 0.0485. The van der Waals surface area contributed by atoms with Crippen LogP contribution in [0.2, 0.25) is 0 Å². The van der Waals surface area contributed by atoms with Gasteiger partial charge in [0.25, 0.3) is 0 Å². The summed E-state index contributed by atoms with van der Waals surface area (Å²) in [5.74, 6) is -0.845. The SMILES string of the molecule is COc1c(C)cc(S(=O)(=O)NC2CCCC(C(F)(F)F)C2)cc1C. The topological polar surface area (TPSA) is 55.4 Å². The van der Waals surface area contributed by atoms with Gasteiger partial charge in [-0.15, -0.1) is 0 Å². The Bertz CT molecular complexity index is 678. The Labute approximate surface area is 140 Å². The minimum Gasteiger partial charge on any atom is -0.496 e. The van der Waals surface area contributed by atoms with E-state index >= 15 is 0 Å². The first kappa shape index (κ1) is 19.1. The second-order valence-electron chi connectivity index (χ2n) is 6.31. The van der Waals surface area contributed by atoms with Gasteiger partial charge in [0.05, 0.1) is 17.9 Å². The summed E-state index contributed by atoms with van der Waals surface area (Å²) in [7, 11) is -2.37. The number of aryl methyl sites for hydroxylation is 2. The molecule has 4 nitrogen and oxygen atoms in total. The van der Waals surface area contributed by atoms with E-state index in [9.17, 15) is 21.6 Å². The summed E-state index contributed by atoms with van der Waals surface area (Å²) >= 11 is 0. The number of benzene rings is 1. The van der Waals surface area contributed by atoms with E-state index in [1.807, 2.05) is 0 Å². The van der Waals surface area contributed by atoms with Crippen LogP contribution in [0.4, 0.5) is 13.2 Å². The highest BCUT2D eigenvalue weighted by molar-refractivity contribution is 7.89.